The van der Waals surface area contributed by atoms with Gasteiger partial charge in [0, 0.05) is 18.1 Å². The first-order chi connectivity index (χ1) is 6.73. The van der Waals surface area contributed by atoms with Crippen LogP contribution in [-0.2, 0) is 14.6 Å². The maximum absolute atomic E-state index is 12.0. The summed E-state index contributed by atoms with van der Waals surface area (Å²) in [5.74, 6) is 0.408. The number of rotatable bonds is 2. The molecule has 0 saturated heterocycles. The van der Waals surface area contributed by atoms with E-state index in [0.29, 0.717) is 0 Å². The van der Waals surface area contributed by atoms with Crippen LogP contribution in [0.5, 0.6) is 0 Å². The summed E-state index contributed by atoms with van der Waals surface area (Å²) in [6.45, 7) is 4.21. The van der Waals surface area contributed by atoms with Crippen molar-refractivity contribution in [2.75, 3.05) is 12.0 Å². The standard InChI is InChI=1S/C11H18O3S/c1-11(2)8-4-5-9(11)10(12)7(8)6-15(3,13)14/h7-9H,4-6H2,1-3H3. The number of carbonyl (C=O) groups excluding carboxylic acids is 1. The molecule has 86 valence electrons. The second-order valence-electron chi connectivity index (χ2n) is 5.66. The molecule has 15 heavy (non-hydrogen) atoms. The molecule has 2 bridgehead atoms. The van der Waals surface area contributed by atoms with Crippen molar-refractivity contribution in [3.8, 4) is 0 Å². The molecule has 3 unspecified atom stereocenters. The van der Waals surface area contributed by atoms with E-state index in [1.54, 1.807) is 0 Å². The molecule has 3 atom stereocenters. The van der Waals surface area contributed by atoms with E-state index in [0.717, 1.165) is 12.8 Å². The van der Waals surface area contributed by atoms with Crippen LogP contribution in [0.4, 0.5) is 0 Å². The van der Waals surface area contributed by atoms with E-state index < -0.39 is 9.84 Å². The SMILES string of the molecule is CC1(C)C2CCC1C(CS(C)(=O)=O)C2=O. The Morgan fingerprint density at radius 3 is 2.33 bits per heavy atom. The van der Waals surface area contributed by atoms with Crippen molar-refractivity contribution in [3.05, 3.63) is 0 Å². The zero-order chi connectivity index (χ0) is 11.4. The fourth-order valence-corrected chi connectivity index (χ4v) is 4.61. The van der Waals surface area contributed by atoms with Crippen molar-refractivity contribution < 1.29 is 13.2 Å². The topological polar surface area (TPSA) is 51.2 Å². The van der Waals surface area contributed by atoms with Gasteiger partial charge in [-0.25, -0.2) is 8.42 Å². The van der Waals surface area contributed by atoms with Crippen molar-refractivity contribution in [1.82, 2.24) is 0 Å². The van der Waals surface area contributed by atoms with Crippen LogP contribution >= 0.6 is 0 Å². The lowest BCUT2D eigenvalue weighted by Gasteiger charge is -2.24. The van der Waals surface area contributed by atoms with E-state index in [2.05, 4.69) is 13.8 Å². The van der Waals surface area contributed by atoms with Crippen LogP contribution in [0, 0.1) is 23.2 Å². The lowest BCUT2D eigenvalue weighted by Crippen LogP contribution is -2.28. The van der Waals surface area contributed by atoms with E-state index in [1.807, 2.05) is 0 Å². The lowest BCUT2D eigenvalue weighted by atomic mass is 9.80. The molecule has 3 nitrogen and oxygen atoms in total. The number of carbonyl (C=O) groups is 1. The molecule has 0 aliphatic heterocycles. The summed E-state index contributed by atoms with van der Waals surface area (Å²) in [6.07, 6.45) is 3.19. The van der Waals surface area contributed by atoms with E-state index >= 15 is 0 Å². The third-order valence-corrected chi connectivity index (χ3v) is 5.26. The molecular formula is C11H18O3S. The highest BCUT2D eigenvalue weighted by atomic mass is 32.2. The fourth-order valence-electron chi connectivity index (χ4n) is 3.56. The molecule has 0 aromatic carbocycles. The molecule has 0 radical (unpaired) electrons. The van der Waals surface area contributed by atoms with Crippen LogP contribution in [0.1, 0.15) is 26.7 Å². The Bertz CT molecular complexity index is 394. The first-order valence-electron chi connectivity index (χ1n) is 5.45. The Morgan fingerprint density at radius 1 is 1.33 bits per heavy atom. The van der Waals surface area contributed by atoms with Crippen LogP contribution in [0.15, 0.2) is 0 Å². The van der Waals surface area contributed by atoms with Crippen molar-refractivity contribution in [1.29, 1.82) is 0 Å². The highest BCUT2D eigenvalue weighted by Gasteiger charge is 2.59. The zero-order valence-corrected chi connectivity index (χ0v) is 10.3. The molecule has 2 fully saturated rings. The summed E-state index contributed by atoms with van der Waals surface area (Å²) in [5, 5.41) is 0. The summed E-state index contributed by atoms with van der Waals surface area (Å²) in [4.78, 5) is 12.0. The highest BCUT2D eigenvalue weighted by molar-refractivity contribution is 7.90. The van der Waals surface area contributed by atoms with Gasteiger partial charge in [-0.15, -0.1) is 0 Å². The van der Waals surface area contributed by atoms with Gasteiger partial charge in [0.2, 0.25) is 0 Å². The highest BCUT2D eigenvalue weighted by Crippen LogP contribution is 2.58. The van der Waals surface area contributed by atoms with Gasteiger partial charge in [0.1, 0.15) is 15.6 Å². The van der Waals surface area contributed by atoms with Gasteiger partial charge in [0.05, 0.1) is 5.75 Å². The van der Waals surface area contributed by atoms with Crippen molar-refractivity contribution in [3.63, 3.8) is 0 Å². The third-order valence-electron chi connectivity index (χ3n) is 4.30. The zero-order valence-electron chi connectivity index (χ0n) is 9.49. The average molecular weight is 230 g/mol. The normalized spacial score (nSPS) is 38.6. The molecule has 2 aliphatic rings. The molecule has 0 N–H and O–H groups in total. The predicted molar refractivity (Wildman–Crippen MR) is 58.2 cm³/mol. The Hall–Kier alpha value is -0.380. The molecule has 0 heterocycles. The Balaban J connectivity index is 2.27. The van der Waals surface area contributed by atoms with Gasteiger partial charge in [-0.05, 0) is 24.2 Å². The summed E-state index contributed by atoms with van der Waals surface area (Å²) >= 11 is 0. The van der Waals surface area contributed by atoms with E-state index in [9.17, 15) is 13.2 Å². The molecule has 0 amide bonds. The van der Waals surface area contributed by atoms with Gasteiger partial charge in [0.15, 0.2) is 0 Å². The summed E-state index contributed by atoms with van der Waals surface area (Å²) in [7, 11) is -3.03. The average Bonchev–Trinajstić information content (AvgIpc) is 2.40. The minimum absolute atomic E-state index is 0.0203. The summed E-state index contributed by atoms with van der Waals surface area (Å²) in [5.41, 5.74) is 0.0203. The van der Waals surface area contributed by atoms with Crippen molar-refractivity contribution in [2.24, 2.45) is 23.2 Å². The predicted octanol–water partition coefficient (Wildman–Crippen LogP) is 1.28. The van der Waals surface area contributed by atoms with Crippen LogP contribution in [0.25, 0.3) is 0 Å². The fraction of sp³-hybridized carbons (Fsp3) is 0.909. The molecule has 0 spiro atoms. The molecule has 0 aromatic rings. The number of ketones is 1. The Morgan fingerprint density at radius 2 is 1.93 bits per heavy atom. The number of sulfone groups is 1. The molecular weight excluding hydrogens is 212 g/mol. The summed E-state index contributed by atoms with van der Waals surface area (Å²) in [6, 6.07) is 0. The van der Waals surface area contributed by atoms with Gasteiger partial charge in [-0.2, -0.15) is 0 Å². The van der Waals surface area contributed by atoms with Gasteiger partial charge in [-0.3, -0.25) is 4.79 Å². The first-order valence-corrected chi connectivity index (χ1v) is 7.51. The second-order valence-corrected chi connectivity index (χ2v) is 7.84. The second kappa shape index (κ2) is 3.06. The van der Waals surface area contributed by atoms with E-state index in [4.69, 9.17) is 0 Å². The van der Waals surface area contributed by atoms with Crippen molar-refractivity contribution in [2.45, 2.75) is 26.7 Å². The lowest BCUT2D eigenvalue weighted by molar-refractivity contribution is -0.125. The maximum atomic E-state index is 12.0. The molecule has 0 aromatic heterocycles. The molecule has 2 saturated carbocycles. The van der Waals surface area contributed by atoms with Crippen LogP contribution in [-0.4, -0.2) is 26.2 Å². The number of hydrogen-bond donors (Lipinski definition) is 0. The maximum Gasteiger partial charge on any atom is 0.148 e. The Labute approximate surface area is 91.2 Å². The number of hydrogen-bond acceptors (Lipinski definition) is 3. The van der Waals surface area contributed by atoms with E-state index in [1.165, 1.54) is 6.26 Å². The van der Waals surface area contributed by atoms with Gasteiger partial charge >= 0.3 is 0 Å². The monoisotopic (exact) mass is 230 g/mol. The molecule has 2 aliphatic carbocycles. The van der Waals surface area contributed by atoms with Gasteiger partial charge in [0.25, 0.3) is 0 Å². The molecule has 2 rings (SSSR count). The first kappa shape index (κ1) is 11.1. The third kappa shape index (κ3) is 1.63. The Kier molecular flexibility index (Phi) is 2.27. The van der Waals surface area contributed by atoms with Crippen LogP contribution in [0.3, 0.4) is 0 Å². The van der Waals surface area contributed by atoms with E-state index in [-0.39, 0.29) is 34.7 Å². The smallest absolute Gasteiger partial charge is 0.148 e. The van der Waals surface area contributed by atoms with Crippen LogP contribution < -0.4 is 0 Å². The van der Waals surface area contributed by atoms with Crippen molar-refractivity contribution >= 4 is 15.6 Å². The largest absolute Gasteiger partial charge is 0.299 e. The van der Waals surface area contributed by atoms with Gasteiger partial charge in [-0.1, -0.05) is 13.8 Å². The summed E-state index contributed by atoms with van der Waals surface area (Å²) < 4.78 is 22.5. The van der Waals surface area contributed by atoms with Gasteiger partial charge < -0.3 is 0 Å². The van der Waals surface area contributed by atoms with Crippen LogP contribution in [0.2, 0.25) is 0 Å². The molecule has 4 heteroatoms. The quantitative estimate of drug-likeness (QED) is 0.718. The minimum Gasteiger partial charge on any atom is -0.299 e. The minimum atomic E-state index is -3.03. The number of Topliss-reactive ketones (excluding diaryl/α,β-unsaturated/α-hetero) is 1. The number of fused-ring (bicyclic) bond motifs is 2.